The Kier molecular flexibility index (Phi) is 12.0. The van der Waals surface area contributed by atoms with Gasteiger partial charge in [-0.3, -0.25) is 9.59 Å². The third-order valence-corrected chi connectivity index (χ3v) is 8.62. The van der Waals surface area contributed by atoms with Crippen molar-refractivity contribution in [3.63, 3.8) is 0 Å². The molecule has 2 heterocycles. The minimum absolute atomic E-state index is 0.0171. The smallest absolute Gasteiger partial charge is 0.507 e. The molecule has 0 spiro atoms. The summed E-state index contributed by atoms with van der Waals surface area (Å²) in [6, 6.07) is 11.3. The van der Waals surface area contributed by atoms with Crippen LogP contribution < -0.4 is 14.9 Å². The van der Waals surface area contributed by atoms with Crippen LogP contribution in [-0.2, 0) is 11.2 Å². The highest BCUT2D eigenvalue weighted by Crippen LogP contribution is 2.36. The molecule has 0 bridgehead atoms. The minimum atomic E-state index is -1.00. The number of ether oxygens (including phenoxy) is 3. The number of hydrogen-bond donors (Lipinski definition) is 2. The van der Waals surface area contributed by atoms with Gasteiger partial charge < -0.3 is 28.8 Å². The summed E-state index contributed by atoms with van der Waals surface area (Å²) in [6.45, 7) is 3.79. The number of phenolic OH excluding ortho intramolecular Hbond substituents is 1. The Bertz CT molecular complexity index is 1740. The number of thioether (sulfide) groups is 1. The number of aliphatic hydroxyl groups excluding tert-OH is 1. The topological polar surface area (TPSA) is 132 Å². The van der Waals surface area contributed by atoms with E-state index in [4.69, 9.17) is 13.9 Å². The number of carbonyl (C=O) groups excluding carboxylic acids is 2. The predicted octanol–water partition coefficient (Wildman–Crippen LogP) is 7.64. The molecule has 0 amide bonds. The molecule has 4 rings (SSSR count). The molecule has 2 atom stereocenters. The van der Waals surface area contributed by atoms with E-state index >= 15 is 0 Å². The summed E-state index contributed by atoms with van der Waals surface area (Å²) in [4.78, 5) is 36.5. The molecule has 11 heteroatoms. The number of fused-ring (bicyclic) bond motifs is 1. The Morgan fingerprint density at radius 2 is 1.96 bits per heavy atom. The molecule has 45 heavy (non-hydrogen) atoms. The average Bonchev–Trinajstić information content (AvgIpc) is 3.56. The number of thiophene rings is 1. The van der Waals surface area contributed by atoms with Gasteiger partial charge in [0.1, 0.15) is 17.1 Å². The summed E-state index contributed by atoms with van der Waals surface area (Å²) >= 11 is 2.87. The lowest BCUT2D eigenvalue weighted by Gasteiger charge is -2.19. The number of methoxy groups -OCH3 is 1. The van der Waals surface area contributed by atoms with Crippen LogP contribution in [0.4, 0.5) is 4.79 Å². The highest BCUT2D eigenvalue weighted by molar-refractivity contribution is 8.00. The molecule has 0 aliphatic heterocycles. The summed E-state index contributed by atoms with van der Waals surface area (Å²) in [5.74, 6) is 0.0699. The summed E-state index contributed by atoms with van der Waals surface area (Å²) in [6.07, 6.45) is 7.72. The van der Waals surface area contributed by atoms with E-state index in [0.29, 0.717) is 41.7 Å². The number of benzene rings is 2. The van der Waals surface area contributed by atoms with Gasteiger partial charge in [-0.25, -0.2) is 4.79 Å². The second kappa shape index (κ2) is 16.1. The second-order valence-corrected chi connectivity index (χ2v) is 12.0. The van der Waals surface area contributed by atoms with Crippen LogP contribution >= 0.6 is 23.1 Å². The first-order chi connectivity index (χ1) is 21.7. The van der Waals surface area contributed by atoms with Gasteiger partial charge >= 0.3 is 6.16 Å². The Hall–Kier alpha value is -4.32. The zero-order chi connectivity index (χ0) is 32.3. The van der Waals surface area contributed by atoms with E-state index in [-0.39, 0.29) is 28.5 Å². The maximum absolute atomic E-state index is 12.5. The fourth-order valence-corrected chi connectivity index (χ4v) is 6.25. The number of rotatable bonds is 14. The third-order valence-electron chi connectivity index (χ3n) is 6.71. The molecule has 236 valence electrons. The Morgan fingerprint density at radius 1 is 1.13 bits per heavy atom. The summed E-state index contributed by atoms with van der Waals surface area (Å²) in [7, 11) is 1.15. The SMILES string of the molecule is CCCc1c(OCC/C=C\C=C\C(Sc2ccc3c(=O)cc(OC(=O)OC)oc3c2)C(O)c2ccsc2)ccc(C(C)=O)c1O. The largest absolute Gasteiger partial charge is 0.516 e. The van der Waals surface area contributed by atoms with Gasteiger partial charge in [-0.15, -0.1) is 11.8 Å². The monoisotopic (exact) mass is 650 g/mol. The second-order valence-electron chi connectivity index (χ2n) is 9.92. The number of aromatic hydroxyl groups is 1. The minimum Gasteiger partial charge on any atom is -0.507 e. The molecule has 0 aliphatic rings. The fourth-order valence-electron chi connectivity index (χ4n) is 4.47. The Labute approximate surface area is 268 Å². The predicted molar refractivity (Wildman–Crippen MR) is 175 cm³/mol. The molecule has 0 radical (unpaired) electrons. The molecule has 2 N–H and O–H groups in total. The van der Waals surface area contributed by atoms with Crippen LogP contribution in [0.25, 0.3) is 11.0 Å². The molecular formula is C34H34O9S2. The molecular weight excluding hydrogens is 616 g/mol. The highest BCUT2D eigenvalue weighted by Gasteiger charge is 2.21. The van der Waals surface area contributed by atoms with Crippen LogP contribution in [0.2, 0.25) is 0 Å². The number of allylic oxidation sites excluding steroid dienone is 2. The molecule has 4 aromatic rings. The van der Waals surface area contributed by atoms with Crippen LogP contribution in [0.15, 0.2) is 91.6 Å². The molecule has 9 nitrogen and oxygen atoms in total. The fraction of sp³-hybridized carbons (Fsp3) is 0.265. The van der Waals surface area contributed by atoms with E-state index in [1.807, 2.05) is 48.1 Å². The van der Waals surface area contributed by atoms with E-state index in [0.717, 1.165) is 30.1 Å². The van der Waals surface area contributed by atoms with Crippen molar-refractivity contribution in [2.75, 3.05) is 13.7 Å². The van der Waals surface area contributed by atoms with Crippen molar-refractivity contribution >= 4 is 46.0 Å². The normalized spacial score (nSPS) is 12.9. The lowest BCUT2D eigenvalue weighted by molar-refractivity contribution is 0.101. The molecule has 0 aliphatic carbocycles. The van der Waals surface area contributed by atoms with E-state index in [2.05, 4.69) is 4.74 Å². The molecule has 2 unspecified atom stereocenters. The number of aliphatic hydroxyl groups is 1. The van der Waals surface area contributed by atoms with Crippen molar-refractivity contribution < 1.29 is 38.4 Å². The van der Waals surface area contributed by atoms with Gasteiger partial charge in [0.2, 0.25) is 0 Å². The number of carbonyl (C=O) groups is 2. The van der Waals surface area contributed by atoms with Crippen LogP contribution in [0.1, 0.15) is 54.3 Å². The van der Waals surface area contributed by atoms with Gasteiger partial charge in [-0.2, -0.15) is 11.3 Å². The number of hydrogen-bond acceptors (Lipinski definition) is 11. The molecule has 2 aromatic heterocycles. The first-order valence-electron chi connectivity index (χ1n) is 14.2. The zero-order valence-corrected chi connectivity index (χ0v) is 26.7. The van der Waals surface area contributed by atoms with Crippen LogP contribution in [0, 0.1) is 0 Å². The lowest BCUT2D eigenvalue weighted by atomic mass is 10.0. The summed E-state index contributed by atoms with van der Waals surface area (Å²) < 4.78 is 20.9. The van der Waals surface area contributed by atoms with Crippen molar-refractivity contribution in [1.82, 2.24) is 0 Å². The Morgan fingerprint density at radius 3 is 2.67 bits per heavy atom. The van der Waals surface area contributed by atoms with Gasteiger partial charge in [0.05, 0.1) is 42.1 Å². The van der Waals surface area contributed by atoms with Gasteiger partial charge in [0.25, 0.3) is 5.95 Å². The van der Waals surface area contributed by atoms with Crippen molar-refractivity contribution in [1.29, 1.82) is 0 Å². The van der Waals surface area contributed by atoms with E-state index in [1.54, 1.807) is 30.3 Å². The van der Waals surface area contributed by atoms with Crippen LogP contribution in [0.3, 0.4) is 0 Å². The summed E-state index contributed by atoms with van der Waals surface area (Å²) in [5.41, 5.74) is 1.56. The standard InChI is InChI=1S/C34H34O9S2/c1-4-9-26-28(14-13-24(21(2)35)33(26)38)41-16-8-6-5-7-10-30(32(37)22-15-17-44-20-22)45-23-11-12-25-27(36)19-31(42-29(25)18-23)43-34(39)40-3/h5-7,10-15,17-20,30,32,37-38H,4,8-9,16H2,1-3H3/b6-5-,10-7+. The summed E-state index contributed by atoms with van der Waals surface area (Å²) in [5, 5.41) is 25.4. The van der Waals surface area contributed by atoms with Crippen molar-refractivity contribution in [3.05, 3.63) is 104 Å². The van der Waals surface area contributed by atoms with Crippen molar-refractivity contribution in [2.45, 2.75) is 49.4 Å². The lowest BCUT2D eigenvalue weighted by Crippen LogP contribution is -2.12. The van der Waals surface area contributed by atoms with Crippen LogP contribution in [-0.4, -0.2) is 41.1 Å². The van der Waals surface area contributed by atoms with Crippen molar-refractivity contribution in [3.8, 4) is 17.4 Å². The number of ketones is 1. The quantitative estimate of drug-likeness (QED) is 0.0461. The zero-order valence-electron chi connectivity index (χ0n) is 25.1. The number of phenols is 1. The van der Waals surface area contributed by atoms with E-state index in [9.17, 15) is 24.6 Å². The van der Waals surface area contributed by atoms with Gasteiger partial charge in [-0.1, -0.05) is 37.6 Å². The first kappa shape index (κ1) is 33.6. The van der Waals surface area contributed by atoms with Crippen molar-refractivity contribution in [2.24, 2.45) is 0 Å². The maximum atomic E-state index is 12.5. The average molecular weight is 651 g/mol. The van der Waals surface area contributed by atoms with Gasteiger partial charge in [0.15, 0.2) is 11.2 Å². The first-order valence-corrected chi connectivity index (χ1v) is 16.1. The van der Waals surface area contributed by atoms with E-state index < -0.39 is 17.5 Å². The number of Topliss-reactive ketones (excluding diaryl/α,β-unsaturated/α-hetero) is 1. The maximum Gasteiger partial charge on any atom is 0.516 e. The highest BCUT2D eigenvalue weighted by atomic mass is 32.2. The van der Waals surface area contributed by atoms with Gasteiger partial charge in [-0.05, 0) is 72.5 Å². The van der Waals surface area contributed by atoms with Gasteiger partial charge in [0, 0.05) is 10.5 Å². The Balaban J connectivity index is 1.45. The third kappa shape index (κ3) is 8.87. The molecule has 0 saturated heterocycles. The van der Waals surface area contributed by atoms with E-state index in [1.165, 1.54) is 30.0 Å². The molecule has 0 fully saturated rings. The molecule has 0 saturated carbocycles. The van der Waals surface area contributed by atoms with Crippen LogP contribution in [0.5, 0.6) is 17.4 Å². The molecule has 2 aromatic carbocycles.